The van der Waals surface area contributed by atoms with Gasteiger partial charge in [0.2, 0.25) is 0 Å². The highest BCUT2D eigenvalue weighted by molar-refractivity contribution is 6.31. The second kappa shape index (κ2) is 7.97. The minimum absolute atomic E-state index is 0.449. The zero-order valence-electron chi connectivity index (χ0n) is 15.6. The van der Waals surface area contributed by atoms with Crippen LogP contribution in [0.15, 0.2) is 53.5 Å². The van der Waals surface area contributed by atoms with Gasteiger partial charge >= 0.3 is 0 Å². The van der Waals surface area contributed by atoms with Crippen molar-refractivity contribution in [2.75, 3.05) is 13.1 Å². The molecule has 0 N–H and O–H groups in total. The van der Waals surface area contributed by atoms with E-state index in [1.807, 2.05) is 36.4 Å². The predicted octanol–water partition coefficient (Wildman–Crippen LogP) is 3.73. The Kier molecular flexibility index (Phi) is 5.25. The molecule has 28 heavy (non-hydrogen) atoms. The number of halogens is 1. The van der Waals surface area contributed by atoms with Crippen LogP contribution in [-0.4, -0.2) is 38.5 Å². The molecule has 0 amide bonds. The van der Waals surface area contributed by atoms with Gasteiger partial charge in [0.15, 0.2) is 11.6 Å². The maximum atomic E-state index is 6.35. The summed E-state index contributed by atoms with van der Waals surface area (Å²) in [6.07, 6.45) is 5.51. The van der Waals surface area contributed by atoms with Crippen molar-refractivity contribution in [1.29, 1.82) is 0 Å². The minimum Gasteiger partial charge on any atom is -0.285 e. The molecular formula is C22H20ClN5. The number of aliphatic imine (C=N–C) groups is 1. The highest BCUT2D eigenvalue weighted by Gasteiger charge is 2.23. The number of benzene rings is 2. The number of fused-ring (bicyclic) bond motifs is 3. The third kappa shape index (κ3) is 3.45. The second-order valence-electron chi connectivity index (χ2n) is 6.57. The summed E-state index contributed by atoms with van der Waals surface area (Å²) in [6.45, 7) is 4.56. The van der Waals surface area contributed by atoms with E-state index < -0.39 is 0 Å². The van der Waals surface area contributed by atoms with E-state index in [0.29, 0.717) is 24.7 Å². The van der Waals surface area contributed by atoms with Gasteiger partial charge in [-0.15, -0.1) is 16.6 Å². The lowest BCUT2D eigenvalue weighted by Crippen LogP contribution is -2.25. The Morgan fingerprint density at radius 3 is 2.75 bits per heavy atom. The van der Waals surface area contributed by atoms with E-state index in [-0.39, 0.29) is 0 Å². The number of nitrogens with zero attached hydrogens (tertiary/aromatic N) is 5. The molecule has 0 atom stereocenters. The van der Waals surface area contributed by atoms with Gasteiger partial charge < -0.3 is 0 Å². The summed E-state index contributed by atoms with van der Waals surface area (Å²) in [6, 6.07) is 16.0. The zero-order chi connectivity index (χ0) is 19.5. The first-order chi connectivity index (χ1) is 13.7. The molecule has 140 valence electrons. The Labute approximate surface area is 169 Å². The summed E-state index contributed by atoms with van der Waals surface area (Å²) >= 11 is 6.35. The highest BCUT2D eigenvalue weighted by Crippen LogP contribution is 2.28. The fraction of sp³-hybridized carbons (Fsp3) is 0.227. The molecule has 0 radical (unpaired) electrons. The van der Waals surface area contributed by atoms with Gasteiger partial charge in [-0.1, -0.05) is 54.8 Å². The Morgan fingerprint density at radius 1 is 1.18 bits per heavy atom. The van der Waals surface area contributed by atoms with Crippen LogP contribution in [0.3, 0.4) is 0 Å². The lowest BCUT2D eigenvalue weighted by molar-refractivity contribution is 0.305. The number of hydrogen-bond acceptors (Lipinski definition) is 4. The van der Waals surface area contributed by atoms with Crippen LogP contribution in [0.25, 0.3) is 5.69 Å². The van der Waals surface area contributed by atoms with Crippen molar-refractivity contribution in [3.63, 3.8) is 0 Å². The summed E-state index contributed by atoms with van der Waals surface area (Å²) in [5, 5.41) is 9.51. The lowest BCUT2D eigenvalue weighted by atomic mass is 10.0. The lowest BCUT2D eigenvalue weighted by Gasteiger charge is -2.19. The number of aromatic nitrogens is 3. The molecule has 0 spiro atoms. The van der Waals surface area contributed by atoms with Crippen molar-refractivity contribution >= 4 is 17.3 Å². The highest BCUT2D eigenvalue weighted by atomic mass is 35.5. The molecule has 0 fully saturated rings. The molecule has 2 heterocycles. The van der Waals surface area contributed by atoms with Gasteiger partial charge in [-0.2, -0.15) is 0 Å². The van der Waals surface area contributed by atoms with E-state index in [9.17, 15) is 0 Å². The number of rotatable bonds is 5. The number of terminal acetylenes is 1. The van der Waals surface area contributed by atoms with Gasteiger partial charge in [-0.3, -0.25) is 14.5 Å². The van der Waals surface area contributed by atoms with E-state index >= 15 is 0 Å². The summed E-state index contributed by atoms with van der Waals surface area (Å²) in [4.78, 5) is 7.00. The van der Waals surface area contributed by atoms with Crippen LogP contribution in [0.1, 0.15) is 29.7 Å². The average Bonchev–Trinajstić information content (AvgIpc) is 3.03. The first-order valence-electron chi connectivity index (χ1n) is 9.20. The monoisotopic (exact) mass is 389 g/mol. The van der Waals surface area contributed by atoms with E-state index in [1.54, 1.807) is 0 Å². The van der Waals surface area contributed by atoms with Gasteiger partial charge in [0.1, 0.15) is 6.54 Å². The van der Waals surface area contributed by atoms with Crippen molar-refractivity contribution < 1.29 is 0 Å². The topological polar surface area (TPSA) is 46.3 Å². The van der Waals surface area contributed by atoms with E-state index in [2.05, 4.69) is 44.6 Å². The van der Waals surface area contributed by atoms with Crippen LogP contribution in [0.4, 0.5) is 0 Å². The van der Waals surface area contributed by atoms with Crippen molar-refractivity contribution in [2.24, 2.45) is 4.99 Å². The largest absolute Gasteiger partial charge is 0.285 e. The van der Waals surface area contributed by atoms with Crippen molar-refractivity contribution in [3.05, 3.63) is 76.3 Å². The van der Waals surface area contributed by atoms with Crippen LogP contribution in [0.5, 0.6) is 0 Å². The maximum Gasteiger partial charge on any atom is 0.159 e. The first-order valence-corrected chi connectivity index (χ1v) is 9.58. The number of hydrogen-bond donors (Lipinski definition) is 0. The molecule has 0 aliphatic carbocycles. The Morgan fingerprint density at radius 2 is 2.00 bits per heavy atom. The van der Waals surface area contributed by atoms with E-state index in [4.69, 9.17) is 23.0 Å². The Balaban J connectivity index is 1.84. The normalized spacial score (nSPS) is 12.7. The van der Waals surface area contributed by atoms with Gasteiger partial charge in [0.25, 0.3) is 0 Å². The maximum absolute atomic E-state index is 6.35. The van der Waals surface area contributed by atoms with Crippen molar-refractivity contribution in [3.8, 4) is 18.0 Å². The molecule has 0 unspecified atom stereocenters. The SMILES string of the molecule is C#CCN(CC)Cc1nnc2n1-c1ccc(Cl)cc1C(c1ccccc1)=NC2. The smallest absolute Gasteiger partial charge is 0.159 e. The third-order valence-corrected chi connectivity index (χ3v) is 5.04. The van der Waals surface area contributed by atoms with Crippen molar-refractivity contribution in [2.45, 2.75) is 20.0 Å². The summed E-state index contributed by atoms with van der Waals surface area (Å²) in [7, 11) is 0. The summed E-state index contributed by atoms with van der Waals surface area (Å²) in [5.41, 5.74) is 3.91. The summed E-state index contributed by atoms with van der Waals surface area (Å²) < 4.78 is 2.09. The Bertz CT molecular complexity index is 1060. The van der Waals surface area contributed by atoms with Gasteiger partial charge in [0, 0.05) is 16.1 Å². The molecule has 0 saturated carbocycles. The molecule has 6 heteroatoms. The van der Waals surface area contributed by atoms with Crippen LogP contribution in [0.2, 0.25) is 5.02 Å². The molecule has 0 bridgehead atoms. The summed E-state index contributed by atoms with van der Waals surface area (Å²) in [5.74, 6) is 4.36. The van der Waals surface area contributed by atoms with Crippen LogP contribution >= 0.6 is 11.6 Å². The van der Waals surface area contributed by atoms with Crippen LogP contribution in [0, 0.1) is 12.3 Å². The molecule has 0 saturated heterocycles. The fourth-order valence-electron chi connectivity index (χ4n) is 3.42. The minimum atomic E-state index is 0.449. The molecule has 1 aliphatic heterocycles. The third-order valence-electron chi connectivity index (χ3n) is 4.80. The molecule has 2 aromatic carbocycles. The zero-order valence-corrected chi connectivity index (χ0v) is 16.4. The standard InChI is InChI=1S/C22H20ClN5/c1-3-12-27(4-2)15-21-26-25-20-14-24-22(16-8-6-5-7-9-16)18-13-17(23)10-11-19(18)28(20)21/h1,5-11,13H,4,12,14-15H2,2H3. The molecular weight excluding hydrogens is 370 g/mol. The first kappa shape index (κ1) is 18.4. The Hall–Kier alpha value is -2.94. The van der Waals surface area contributed by atoms with Crippen LogP contribution < -0.4 is 0 Å². The van der Waals surface area contributed by atoms with Gasteiger partial charge in [-0.05, 0) is 24.7 Å². The van der Waals surface area contributed by atoms with Crippen molar-refractivity contribution in [1.82, 2.24) is 19.7 Å². The fourth-order valence-corrected chi connectivity index (χ4v) is 3.59. The molecule has 1 aromatic heterocycles. The molecule has 5 nitrogen and oxygen atoms in total. The molecule has 3 aromatic rings. The molecule has 1 aliphatic rings. The second-order valence-corrected chi connectivity index (χ2v) is 7.00. The van der Waals surface area contributed by atoms with Gasteiger partial charge in [-0.25, -0.2) is 0 Å². The van der Waals surface area contributed by atoms with E-state index in [1.165, 1.54) is 0 Å². The predicted molar refractivity (Wildman–Crippen MR) is 112 cm³/mol. The average molecular weight is 390 g/mol. The van der Waals surface area contributed by atoms with Gasteiger partial charge in [0.05, 0.1) is 24.5 Å². The van der Waals surface area contributed by atoms with Crippen LogP contribution in [-0.2, 0) is 13.1 Å². The quantitative estimate of drug-likeness (QED) is 0.625. The molecule has 4 rings (SSSR count). The van der Waals surface area contributed by atoms with E-state index in [0.717, 1.165) is 40.7 Å².